The van der Waals surface area contributed by atoms with Crippen molar-refractivity contribution >= 4 is 15.9 Å². The van der Waals surface area contributed by atoms with E-state index in [-0.39, 0.29) is 0 Å². The lowest BCUT2D eigenvalue weighted by Gasteiger charge is -2.28. The third-order valence-electron chi connectivity index (χ3n) is 3.91. The standard InChI is InChI=1S/C12H17BrN2/c1-8-5-6-15-10(7-8)11(13)14-12(15)9-3-2-4-9/h8-9H,2-7H2,1H3. The minimum absolute atomic E-state index is 0.753. The molecule has 0 saturated heterocycles. The van der Waals surface area contributed by atoms with E-state index in [0.29, 0.717) is 0 Å². The van der Waals surface area contributed by atoms with E-state index < -0.39 is 0 Å². The highest BCUT2D eigenvalue weighted by atomic mass is 79.9. The minimum atomic E-state index is 0.753. The molecule has 1 saturated carbocycles. The Balaban J connectivity index is 1.99. The second kappa shape index (κ2) is 3.62. The van der Waals surface area contributed by atoms with Gasteiger partial charge in [-0.15, -0.1) is 0 Å². The summed E-state index contributed by atoms with van der Waals surface area (Å²) in [7, 11) is 0. The SMILES string of the molecule is CC1CCn2c(C3CCC3)nc(Br)c2C1. The fraction of sp³-hybridized carbons (Fsp3) is 0.750. The van der Waals surface area contributed by atoms with E-state index in [1.807, 2.05) is 0 Å². The number of imidazole rings is 1. The van der Waals surface area contributed by atoms with Gasteiger partial charge in [-0.25, -0.2) is 4.98 Å². The molecule has 1 atom stereocenters. The first-order chi connectivity index (χ1) is 7.25. The third-order valence-corrected chi connectivity index (χ3v) is 4.55. The van der Waals surface area contributed by atoms with Crippen LogP contribution in [0.3, 0.4) is 0 Å². The Morgan fingerprint density at radius 2 is 2.13 bits per heavy atom. The molecule has 0 N–H and O–H groups in total. The normalized spacial score (nSPS) is 26.1. The van der Waals surface area contributed by atoms with Crippen molar-refractivity contribution in [1.82, 2.24) is 9.55 Å². The molecule has 3 heteroatoms. The molecule has 0 bridgehead atoms. The second-order valence-corrected chi connectivity index (χ2v) is 5.84. The molecule has 1 aromatic rings. The molecule has 3 rings (SSSR count). The van der Waals surface area contributed by atoms with Crippen molar-refractivity contribution < 1.29 is 0 Å². The van der Waals surface area contributed by atoms with Gasteiger partial charge in [0.05, 0.1) is 5.69 Å². The van der Waals surface area contributed by atoms with E-state index in [9.17, 15) is 0 Å². The van der Waals surface area contributed by atoms with Gasteiger partial charge in [0.2, 0.25) is 0 Å². The molecular weight excluding hydrogens is 252 g/mol. The zero-order chi connectivity index (χ0) is 10.4. The van der Waals surface area contributed by atoms with Crippen molar-refractivity contribution in [2.24, 2.45) is 5.92 Å². The quantitative estimate of drug-likeness (QED) is 0.763. The van der Waals surface area contributed by atoms with Crippen LogP contribution < -0.4 is 0 Å². The highest BCUT2D eigenvalue weighted by Gasteiger charge is 2.29. The van der Waals surface area contributed by atoms with Crippen LogP contribution >= 0.6 is 15.9 Å². The summed E-state index contributed by atoms with van der Waals surface area (Å²) in [5, 5.41) is 0. The van der Waals surface area contributed by atoms with Crippen LogP contribution in [0.15, 0.2) is 4.60 Å². The molecule has 2 nitrogen and oxygen atoms in total. The van der Waals surface area contributed by atoms with Gasteiger partial charge in [0.25, 0.3) is 0 Å². The van der Waals surface area contributed by atoms with Gasteiger partial charge in [-0.05, 0) is 47.5 Å². The van der Waals surface area contributed by atoms with Crippen molar-refractivity contribution in [2.45, 2.75) is 51.5 Å². The Morgan fingerprint density at radius 3 is 2.80 bits per heavy atom. The maximum atomic E-state index is 4.73. The van der Waals surface area contributed by atoms with E-state index >= 15 is 0 Å². The smallest absolute Gasteiger partial charge is 0.127 e. The number of rotatable bonds is 1. The van der Waals surface area contributed by atoms with Crippen molar-refractivity contribution in [3.05, 3.63) is 16.1 Å². The topological polar surface area (TPSA) is 17.8 Å². The fourth-order valence-electron chi connectivity index (χ4n) is 2.68. The molecule has 0 aromatic carbocycles. The van der Waals surface area contributed by atoms with E-state index in [1.165, 1.54) is 50.2 Å². The van der Waals surface area contributed by atoms with Crippen molar-refractivity contribution in [2.75, 3.05) is 0 Å². The average Bonchev–Trinajstić information content (AvgIpc) is 2.41. The second-order valence-electron chi connectivity index (χ2n) is 5.08. The number of fused-ring (bicyclic) bond motifs is 1. The number of nitrogens with zero attached hydrogens (tertiary/aromatic N) is 2. The summed E-state index contributed by atoms with van der Waals surface area (Å²) in [6.07, 6.45) is 6.59. The number of halogens is 1. The average molecular weight is 269 g/mol. The molecule has 1 aliphatic heterocycles. The summed E-state index contributed by atoms with van der Waals surface area (Å²) in [6.45, 7) is 3.52. The van der Waals surface area contributed by atoms with Gasteiger partial charge in [-0.2, -0.15) is 0 Å². The Labute approximate surface area is 99.2 Å². The zero-order valence-electron chi connectivity index (χ0n) is 9.17. The lowest BCUT2D eigenvalue weighted by Crippen LogP contribution is -2.22. The first kappa shape index (κ1) is 9.88. The van der Waals surface area contributed by atoms with E-state index in [0.717, 1.165) is 16.4 Å². The summed E-state index contributed by atoms with van der Waals surface area (Å²) < 4.78 is 3.59. The third kappa shape index (κ3) is 1.55. The molecule has 0 radical (unpaired) electrons. The minimum Gasteiger partial charge on any atom is -0.331 e. The Kier molecular flexibility index (Phi) is 2.38. The van der Waals surface area contributed by atoms with Crippen molar-refractivity contribution in [3.8, 4) is 0 Å². The Hall–Kier alpha value is -0.310. The van der Waals surface area contributed by atoms with Crippen molar-refractivity contribution in [1.29, 1.82) is 0 Å². The van der Waals surface area contributed by atoms with Gasteiger partial charge in [0, 0.05) is 12.5 Å². The van der Waals surface area contributed by atoms with Crippen LogP contribution in [0.25, 0.3) is 0 Å². The molecule has 82 valence electrons. The van der Waals surface area contributed by atoms with Crippen LogP contribution in [-0.4, -0.2) is 9.55 Å². The van der Waals surface area contributed by atoms with E-state index in [2.05, 4.69) is 27.4 Å². The molecule has 1 aromatic heterocycles. The summed E-state index contributed by atoms with van der Waals surface area (Å²) in [5.74, 6) is 2.93. The summed E-state index contributed by atoms with van der Waals surface area (Å²) >= 11 is 3.62. The summed E-state index contributed by atoms with van der Waals surface area (Å²) in [6, 6.07) is 0. The largest absolute Gasteiger partial charge is 0.331 e. The van der Waals surface area contributed by atoms with Gasteiger partial charge in [0.1, 0.15) is 10.4 Å². The predicted octanol–water partition coefficient (Wildman–Crippen LogP) is 3.50. The van der Waals surface area contributed by atoms with Gasteiger partial charge in [-0.1, -0.05) is 13.3 Å². The van der Waals surface area contributed by atoms with Gasteiger partial charge < -0.3 is 4.57 Å². The molecule has 2 aliphatic rings. The maximum Gasteiger partial charge on any atom is 0.127 e. The van der Waals surface area contributed by atoms with Crippen LogP contribution in [0.5, 0.6) is 0 Å². The molecule has 1 aliphatic carbocycles. The van der Waals surface area contributed by atoms with Crippen molar-refractivity contribution in [3.63, 3.8) is 0 Å². The van der Waals surface area contributed by atoms with Crippen LogP contribution in [0.4, 0.5) is 0 Å². The molecule has 0 amide bonds. The monoisotopic (exact) mass is 268 g/mol. The predicted molar refractivity (Wildman–Crippen MR) is 64.0 cm³/mol. The van der Waals surface area contributed by atoms with Gasteiger partial charge in [0.15, 0.2) is 0 Å². The molecule has 2 heterocycles. The molecule has 0 spiro atoms. The van der Waals surface area contributed by atoms with Crippen LogP contribution in [0.2, 0.25) is 0 Å². The first-order valence-corrected chi connectivity index (χ1v) is 6.80. The Morgan fingerprint density at radius 1 is 1.33 bits per heavy atom. The van der Waals surface area contributed by atoms with Gasteiger partial charge in [-0.3, -0.25) is 0 Å². The number of hydrogen-bond donors (Lipinski definition) is 0. The summed E-state index contributed by atoms with van der Waals surface area (Å²) in [5.41, 5.74) is 1.44. The van der Waals surface area contributed by atoms with Gasteiger partial charge >= 0.3 is 0 Å². The molecular formula is C12H17BrN2. The Bertz CT molecular complexity index is 379. The lowest BCUT2D eigenvalue weighted by molar-refractivity contribution is 0.356. The van der Waals surface area contributed by atoms with Crippen LogP contribution in [-0.2, 0) is 13.0 Å². The number of hydrogen-bond acceptors (Lipinski definition) is 1. The lowest BCUT2D eigenvalue weighted by atomic mass is 9.84. The maximum absolute atomic E-state index is 4.73. The summed E-state index contributed by atoms with van der Waals surface area (Å²) in [4.78, 5) is 4.73. The van der Waals surface area contributed by atoms with Crippen LogP contribution in [0, 0.1) is 5.92 Å². The molecule has 1 unspecified atom stereocenters. The zero-order valence-corrected chi connectivity index (χ0v) is 10.8. The first-order valence-electron chi connectivity index (χ1n) is 6.00. The molecule has 15 heavy (non-hydrogen) atoms. The van der Waals surface area contributed by atoms with E-state index in [1.54, 1.807) is 0 Å². The number of aromatic nitrogens is 2. The highest BCUT2D eigenvalue weighted by molar-refractivity contribution is 9.10. The van der Waals surface area contributed by atoms with E-state index in [4.69, 9.17) is 4.98 Å². The highest BCUT2D eigenvalue weighted by Crippen LogP contribution is 2.39. The molecule has 1 fully saturated rings. The van der Waals surface area contributed by atoms with Crippen LogP contribution in [0.1, 0.15) is 50.0 Å². The fourth-order valence-corrected chi connectivity index (χ4v) is 3.24.